The fraction of sp³-hybridized carbons (Fsp3) is 0.200. The monoisotopic (exact) mass is 345 g/mol. The number of rotatable bonds is 5. The van der Waals surface area contributed by atoms with Crippen LogP contribution in [0.5, 0.6) is 0 Å². The molecule has 0 saturated heterocycles. The predicted octanol–water partition coefficient (Wildman–Crippen LogP) is 3.67. The van der Waals surface area contributed by atoms with Crippen LogP contribution in [0, 0.1) is 6.92 Å². The lowest BCUT2D eigenvalue weighted by Crippen LogP contribution is -2.13. The molecule has 130 valence electrons. The molecule has 0 spiro atoms. The van der Waals surface area contributed by atoms with Gasteiger partial charge < -0.3 is 10.6 Å². The van der Waals surface area contributed by atoms with Crippen molar-refractivity contribution in [3.8, 4) is 11.1 Å². The minimum atomic E-state index is -0.277. The molecule has 1 saturated carbocycles. The van der Waals surface area contributed by atoms with Crippen LogP contribution in [0.15, 0.2) is 55.0 Å². The number of carbonyl (C=O) groups excluding carboxylic acids is 1. The Kier molecular flexibility index (Phi) is 4.31. The average molecular weight is 345 g/mol. The van der Waals surface area contributed by atoms with Gasteiger partial charge in [0.25, 0.3) is 5.91 Å². The molecule has 26 heavy (non-hydrogen) atoms. The minimum absolute atomic E-state index is 0.277. The summed E-state index contributed by atoms with van der Waals surface area (Å²) in [4.78, 5) is 24.6. The first-order chi connectivity index (χ1) is 12.7. The number of carbonyl (C=O) groups is 1. The van der Waals surface area contributed by atoms with Crippen molar-refractivity contribution in [2.24, 2.45) is 0 Å². The lowest BCUT2D eigenvalue weighted by molar-refractivity contribution is 0.102. The van der Waals surface area contributed by atoms with E-state index in [2.05, 4.69) is 43.8 Å². The Hall–Kier alpha value is -3.28. The van der Waals surface area contributed by atoms with Crippen LogP contribution in [0.3, 0.4) is 0 Å². The largest absolute Gasteiger partial charge is 0.382 e. The molecule has 3 aromatic rings. The fourth-order valence-corrected chi connectivity index (χ4v) is 2.59. The Bertz CT molecular complexity index is 918. The first-order valence-corrected chi connectivity index (χ1v) is 8.60. The highest BCUT2D eigenvalue weighted by molar-refractivity contribution is 6.03. The molecule has 0 radical (unpaired) electrons. The Morgan fingerprint density at radius 2 is 1.81 bits per heavy atom. The number of pyridine rings is 1. The summed E-state index contributed by atoms with van der Waals surface area (Å²) in [5.74, 6) is 0.842. The van der Waals surface area contributed by atoms with Crippen molar-refractivity contribution in [1.82, 2.24) is 15.0 Å². The van der Waals surface area contributed by atoms with Gasteiger partial charge in [0.15, 0.2) is 0 Å². The zero-order chi connectivity index (χ0) is 17.9. The summed E-state index contributed by atoms with van der Waals surface area (Å²) < 4.78 is 0. The molecule has 0 bridgehead atoms. The summed E-state index contributed by atoms with van der Waals surface area (Å²) in [6, 6.07) is 12.6. The van der Waals surface area contributed by atoms with E-state index in [0.29, 0.717) is 23.2 Å². The van der Waals surface area contributed by atoms with E-state index in [-0.39, 0.29) is 5.91 Å². The average Bonchev–Trinajstić information content (AvgIpc) is 3.47. The number of benzene rings is 1. The Morgan fingerprint density at radius 3 is 2.50 bits per heavy atom. The number of hydrogen-bond acceptors (Lipinski definition) is 5. The zero-order valence-corrected chi connectivity index (χ0v) is 14.4. The third-order valence-corrected chi connectivity index (χ3v) is 4.19. The van der Waals surface area contributed by atoms with Gasteiger partial charge in [-0.2, -0.15) is 0 Å². The second-order valence-electron chi connectivity index (χ2n) is 6.40. The summed E-state index contributed by atoms with van der Waals surface area (Å²) in [5, 5.41) is 6.26. The van der Waals surface area contributed by atoms with Gasteiger partial charge in [0.2, 0.25) is 0 Å². The Morgan fingerprint density at radius 1 is 1.00 bits per heavy atom. The van der Waals surface area contributed by atoms with Crippen LogP contribution in [0.1, 0.15) is 29.0 Å². The van der Waals surface area contributed by atoms with Gasteiger partial charge in [-0.15, -0.1) is 0 Å². The van der Waals surface area contributed by atoms with Crippen LogP contribution in [0.4, 0.5) is 11.5 Å². The summed E-state index contributed by atoms with van der Waals surface area (Å²) in [5.41, 5.74) is 3.62. The number of anilines is 2. The van der Waals surface area contributed by atoms with Crippen LogP contribution in [-0.2, 0) is 0 Å². The number of aryl methyl sites for hydroxylation is 1. The molecule has 2 N–H and O–H groups in total. The highest BCUT2D eigenvalue weighted by Gasteiger charge is 2.20. The van der Waals surface area contributed by atoms with E-state index in [1.807, 2.05) is 12.1 Å². The highest BCUT2D eigenvalue weighted by atomic mass is 16.1. The maximum atomic E-state index is 12.2. The number of hydrogen-bond donors (Lipinski definition) is 2. The summed E-state index contributed by atoms with van der Waals surface area (Å²) in [6.07, 6.45) is 7.25. The molecule has 0 unspecified atom stereocenters. The highest BCUT2D eigenvalue weighted by Crippen LogP contribution is 2.28. The number of amides is 1. The summed E-state index contributed by atoms with van der Waals surface area (Å²) in [7, 11) is 0. The molecular formula is C20H19N5O. The van der Waals surface area contributed by atoms with Gasteiger partial charge in [-0.1, -0.05) is 12.1 Å². The van der Waals surface area contributed by atoms with E-state index in [1.54, 1.807) is 19.2 Å². The van der Waals surface area contributed by atoms with Crippen molar-refractivity contribution < 1.29 is 4.79 Å². The van der Waals surface area contributed by atoms with Crippen molar-refractivity contribution in [3.63, 3.8) is 0 Å². The summed E-state index contributed by atoms with van der Waals surface area (Å²) in [6.45, 7) is 1.77. The predicted molar refractivity (Wildman–Crippen MR) is 101 cm³/mol. The third-order valence-electron chi connectivity index (χ3n) is 4.19. The molecule has 1 amide bonds. The molecule has 1 aromatic carbocycles. The Balaban J connectivity index is 1.46. The van der Waals surface area contributed by atoms with Crippen molar-refractivity contribution >= 4 is 17.4 Å². The Labute approximate surface area is 151 Å². The molecular weight excluding hydrogens is 326 g/mol. The van der Waals surface area contributed by atoms with Crippen molar-refractivity contribution in [2.75, 3.05) is 10.6 Å². The van der Waals surface area contributed by atoms with E-state index in [1.165, 1.54) is 25.2 Å². The molecule has 2 aromatic heterocycles. The number of aromatic nitrogens is 3. The second kappa shape index (κ2) is 6.92. The van der Waals surface area contributed by atoms with Crippen LogP contribution in [0.25, 0.3) is 11.1 Å². The van der Waals surface area contributed by atoms with Gasteiger partial charge >= 0.3 is 0 Å². The number of nitrogens with zero attached hydrogens (tertiary/aromatic N) is 3. The van der Waals surface area contributed by atoms with E-state index < -0.39 is 0 Å². The van der Waals surface area contributed by atoms with Gasteiger partial charge in [-0.05, 0) is 49.6 Å². The smallest absolute Gasteiger partial charge is 0.259 e. The van der Waals surface area contributed by atoms with Crippen molar-refractivity contribution in [2.45, 2.75) is 25.8 Å². The van der Waals surface area contributed by atoms with Crippen LogP contribution >= 0.6 is 0 Å². The quantitative estimate of drug-likeness (QED) is 0.737. The topological polar surface area (TPSA) is 79.8 Å². The van der Waals surface area contributed by atoms with Crippen LogP contribution in [0.2, 0.25) is 0 Å². The molecule has 6 heteroatoms. The van der Waals surface area contributed by atoms with E-state index in [4.69, 9.17) is 0 Å². The third kappa shape index (κ3) is 3.85. The normalized spacial score (nSPS) is 13.3. The van der Waals surface area contributed by atoms with E-state index in [0.717, 1.165) is 16.8 Å². The number of nitrogens with one attached hydrogen (secondary N) is 2. The molecule has 6 nitrogen and oxygen atoms in total. The molecule has 1 fully saturated rings. The lowest BCUT2D eigenvalue weighted by Gasteiger charge is -2.08. The lowest BCUT2D eigenvalue weighted by atomic mass is 10.1. The van der Waals surface area contributed by atoms with Gasteiger partial charge in [-0.3, -0.25) is 4.79 Å². The molecule has 0 aliphatic heterocycles. The maximum Gasteiger partial charge on any atom is 0.259 e. The van der Waals surface area contributed by atoms with Crippen LogP contribution < -0.4 is 10.6 Å². The van der Waals surface area contributed by atoms with Crippen molar-refractivity contribution in [3.05, 3.63) is 66.4 Å². The first kappa shape index (κ1) is 16.2. The zero-order valence-electron chi connectivity index (χ0n) is 14.4. The fourth-order valence-electron chi connectivity index (χ4n) is 2.59. The van der Waals surface area contributed by atoms with Gasteiger partial charge in [-0.25, -0.2) is 15.0 Å². The second-order valence-corrected chi connectivity index (χ2v) is 6.40. The minimum Gasteiger partial charge on any atom is -0.382 e. The van der Waals surface area contributed by atoms with Crippen molar-refractivity contribution in [1.29, 1.82) is 0 Å². The van der Waals surface area contributed by atoms with Gasteiger partial charge in [0, 0.05) is 35.9 Å². The van der Waals surface area contributed by atoms with E-state index in [9.17, 15) is 4.79 Å². The maximum absolute atomic E-state index is 12.2. The standard InChI is InChI=1S/C20H19N5O/c1-13-21-11-16(12-22-13)20(26)25-19-8-5-15(10-23-19)14-3-2-4-18(9-14)24-17-6-7-17/h2-5,8-12,17,24H,6-7H2,1H3,(H,23,25,26). The first-order valence-electron chi connectivity index (χ1n) is 8.60. The van der Waals surface area contributed by atoms with E-state index >= 15 is 0 Å². The van der Waals surface area contributed by atoms with Gasteiger partial charge in [0.1, 0.15) is 11.6 Å². The molecule has 1 aliphatic carbocycles. The molecule has 1 aliphatic rings. The summed E-state index contributed by atoms with van der Waals surface area (Å²) >= 11 is 0. The molecule has 2 heterocycles. The van der Waals surface area contributed by atoms with Crippen LogP contribution in [-0.4, -0.2) is 26.9 Å². The van der Waals surface area contributed by atoms with Gasteiger partial charge in [0.05, 0.1) is 5.56 Å². The SMILES string of the molecule is Cc1ncc(C(=O)Nc2ccc(-c3cccc(NC4CC4)c3)cn2)cn1. The molecule has 4 rings (SSSR count). The molecule has 0 atom stereocenters.